The Bertz CT molecular complexity index is 1390. The molecule has 0 radical (unpaired) electrons. The molecule has 258 valence electrons. The molecule has 1 unspecified atom stereocenters. The predicted molar refractivity (Wildman–Crippen MR) is 198 cm³/mol. The first kappa shape index (κ1) is 38.3. The van der Waals surface area contributed by atoms with Crippen LogP contribution < -0.4 is 10.6 Å². The van der Waals surface area contributed by atoms with Crippen LogP contribution >= 0.6 is 34.8 Å². The number of carbonyl (C=O) groups excluding carboxylic acids is 3. The lowest BCUT2D eigenvalue weighted by Crippen LogP contribution is -2.49. The van der Waals surface area contributed by atoms with Gasteiger partial charge in [0, 0.05) is 34.3 Å². The number of Topliss-reactive ketones (excluding diaryl/α,β-unsaturated/α-hetero) is 3. The van der Waals surface area contributed by atoms with Crippen LogP contribution in [0.1, 0.15) is 107 Å². The topological polar surface area (TPSA) is 75.3 Å². The molecule has 0 aromatic heterocycles. The highest BCUT2D eigenvalue weighted by molar-refractivity contribution is 6.32. The summed E-state index contributed by atoms with van der Waals surface area (Å²) in [5, 5.41) is 8.46. The molecule has 3 aliphatic carbocycles. The molecular weight excluding hydrogens is 663 g/mol. The zero-order valence-electron chi connectivity index (χ0n) is 28.5. The van der Waals surface area contributed by atoms with E-state index in [1.807, 2.05) is 86.9 Å². The maximum atomic E-state index is 12.2. The Hall–Kier alpha value is -2.54. The number of rotatable bonds is 6. The third kappa shape index (κ3) is 7.92. The van der Waals surface area contributed by atoms with Crippen LogP contribution in [0.4, 0.5) is 0 Å². The summed E-state index contributed by atoms with van der Waals surface area (Å²) in [6, 6.07) is 23.0. The van der Waals surface area contributed by atoms with Crippen LogP contribution in [0.3, 0.4) is 0 Å². The minimum atomic E-state index is -0.559. The number of benzene rings is 3. The van der Waals surface area contributed by atoms with Gasteiger partial charge in [-0.05, 0) is 93.9 Å². The van der Waals surface area contributed by atoms with Gasteiger partial charge in [-0.25, -0.2) is 0 Å². The van der Waals surface area contributed by atoms with E-state index in [1.54, 1.807) is 0 Å². The molecular formula is C40H49Cl3N2O3. The summed E-state index contributed by atoms with van der Waals surface area (Å²) in [6.07, 6.45) is 11.8. The number of hydrogen-bond donors (Lipinski definition) is 2. The smallest absolute Gasteiger partial charge is 0.157 e. The molecule has 0 amide bonds. The molecule has 6 rings (SSSR count). The van der Waals surface area contributed by atoms with Gasteiger partial charge in [0.25, 0.3) is 0 Å². The minimum absolute atomic E-state index is 0.259. The second-order valence-corrected chi connectivity index (χ2v) is 14.3. The van der Waals surface area contributed by atoms with Crippen molar-refractivity contribution in [2.45, 2.75) is 107 Å². The molecule has 3 fully saturated rings. The van der Waals surface area contributed by atoms with E-state index < -0.39 is 11.1 Å². The van der Waals surface area contributed by atoms with Crippen molar-refractivity contribution >= 4 is 52.2 Å². The molecule has 0 bridgehead atoms. The van der Waals surface area contributed by atoms with Gasteiger partial charge < -0.3 is 10.6 Å². The molecule has 3 aliphatic rings. The van der Waals surface area contributed by atoms with Crippen LogP contribution in [0.2, 0.25) is 15.1 Å². The lowest BCUT2D eigenvalue weighted by molar-refractivity contribution is -0.128. The summed E-state index contributed by atoms with van der Waals surface area (Å²) in [4.78, 5) is 36.6. The maximum Gasteiger partial charge on any atom is 0.157 e. The van der Waals surface area contributed by atoms with Crippen molar-refractivity contribution in [2.24, 2.45) is 0 Å². The average Bonchev–Trinajstić information content (AvgIpc) is 3.11. The molecule has 2 N–H and O–H groups in total. The number of carbonyl (C=O) groups is 3. The summed E-state index contributed by atoms with van der Waals surface area (Å²) in [7, 11) is 3.68. The van der Waals surface area contributed by atoms with Crippen LogP contribution in [0, 0.1) is 0 Å². The van der Waals surface area contributed by atoms with Gasteiger partial charge in [-0.15, -0.1) is 0 Å². The zero-order valence-corrected chi connectivity index (χ0v) is 30.7. The number of likely N-dealkylation sites (N-methyl/N-ethyl adjacent to an activating group) is 2. The SMILES string of the molecule is CCC1(c2ccccc2Cl)CCCCC1=O.CN[C@@]1(c2ccccc2Cl)CCCCC1=O.CN[C@]1(c2ccccc2Cl)CCCCC1=O. The van der Waals surface area contributed by atoms with E-state index in [-0.39, 0.29) is 17.0 Å². The van der Waals surface area contributed by atoms with Gasteiger partial charge in [-0.2, -0.15) is 0 Å². The number of hydrogen-bond acceptors (Lipinski definition) is 5. The quantitative estimate of drug-likeness (QED) is 0.266. The van der Waals surface area contributed by atoms with Crippen LogP contribution in [0.5, 0.6) is 0 Å². The lowest BCUT2D eigenvalue weighted by Gasteiger charge is -2.36. The largest absolute Gasteiger partial charge is 0.304 e. The number of ketones is 3. The van der Waals surface area contributed by atoms with Crippen molar-refractivity contribution < 1.29 is 14.4 Å². The second-order valence-electron chi connectivity index (χ2n) is 13.1. The van der Waals surface area contributed by atoms with Gasteiger partial charge in [0.05, 0.1) is 5.41 Å². The van der Waals surface area contributed by atoms with Crippen molar-refractivity contribution in [2.75, 3.05) is 14.1 Å². The van der Waals surface area contributed by atoms with Crippen LogP contribution in [0.15, 0.2) is 72.8 Å². The Morgan fingerprint density at radius 2 is 0.875 bits per heavy atom. The third-order valence-corrected chi connectivity index (χ3v) is 11.7. The van der Waals surface area contributed by atoms with Gasteiger partial charge in [0.1, 0.15) is 16.9 Å². The van der Waals surface area contributed by atoms with E-state index in [0.717, 1.165) is 85.9 Å². The fourth-order valence-electron chi connectivity index (χ4n) is 7.83. The molecule has 0 aliphatic heterocycles. The van der Waals surface area contributed by atoms with E-state index in [2.05, 4.69) is 17.6 Å². The highest BCUT2D eigenvalue weighted by Gasteiger charge is 2.43. The van der Waals surface area contributed by atoms with E-state index in [1.165, 1.54) is 0 Å². The predicted octanol–water partition coefficient (Wildman–Crippen LogP) is 9.93. The van der Waals surface area contributed by atoms with E-state index in [0.29, 0.717) is 35.1 Å². The second kappa shape index (κ2) is 17.4. The summed E-state index contributed by atoms with van der Waals surface area (Å²) >= 11 is 18.6. The summed E-state index contributed by atoms with van der Waals surface area (Å²) in [5.41, 5.74) is 1.45. The fourth-order valence-corrected chi connectivity index (χ4v) is 8.74. The lowest BCUT2D eigenvalue weighted by atomic mass is 9.67. The Morgan fingerprint density at radius 1 is 0.521 bits per heavy atom. The Morgan fingerprint density at radius 3 is 1.21 bits per heavy atom. The first-order valence-electron chi connectivity index (χ1n) is 17.3. The van der Waals surface area contributed by atoms with E-state index >= 15 is 0 Å². The number of halogens is 3. The molecule has 3 aromatic carbocycles. The van der Waals surface area contributed by atoms with Crippen molar-refractivity contribution in [3.05, 3.63) is 105 Å². The normalized spacial score (nSPS) is 25.8. The minimum Gasteiger partial charge on any atom is -0.304 e. The van der Waals surface area contributed by atoms with Crippen molar-refractivity contribution in [1.82, 2.24) is 10.6 Å². The van der Waals surface area contributed by atoms with Gasteiger partial charge in [0.15, 0.2) is 11.6 Å². The van der Waals surface area contributed by atoms with Gasteiger partial charge in [-0.1, -0.05) is 116 Å². The van der Waals surface area contributed by atoms with E-state index in [9.17, 15) is 14.4 Å². The molecule has 3 aromatic rings. The van der Waals surface area contributed by atoms with Gasteiger partial charge in [-0.3, -0.25) is 14.4 Å². The molecule has 3 saturated carbocycles. The highest BCUT2D eigenvalue weighted by atomic mass is 35.5. The van der Waals surface area contributed by atoms with Crippen molar-refractivity contribution in [3.8, 4) is 0 Å². The first-order valence-corrected chi connectivity index (χ1v) is 18.5. The summed E-state index contributed by atoms with van der Waals surface area (Å²) in [5.74, 6) is 0.887. The number of nitrogens with one attached hydrogen (secondary N) is 2. The third-order valence-electron chi connectivity index (χ3n) is 10.7. The Labute approximate surface area is 301 Å². The molecule has 8 heteroatoms. The van der Waals surface area contributed by atoms with Crippen LogP contribution in [-0.4, -0.2) is 31.4 Å². The molecule has 0 spiro atoms. The fraction of sp³-hybridized carbons (Fsp3) is 0.475. The molecule has 48 heavy (non-hydrogen) atoms. The average molecular weight is 712 g/mol. The Kier molecular flexibility index (Phi) is 13.9. The van der Waals surface area contributed by atoms with Gasteiger partial charge >= 0.3 is 0 Å². The molecule has 0 heterocycles. The highest BCUT2D eigenvalue weighted by Crippen LogP contribution is 2.42. The summed E-state index contributed by atoms with van der Waals surface area (Å²) < 4.78 is 0. The first-order chi connectivity index (χ1) is 23.1. The zero-order chi connectivity index (χ0) is 34.8. The molecule has 0 saturated heterocycles. The molecule has 3 atom stereocenters. The molecule has 5 nitrogen and oxygen atoms in total. The summed E-state index contributed by atoms with van der Waals surface area (Å²) in [6.45, 7) is 2.09. The van der Waals surface area contributed by atoms with Crippen LogP contribution in [0.25, 0.3) is 0 Å². The van der Waals surface area contributed by atoms with Crippen molar-refractivity contribution in [3.63, 3.8) is 0 Å². The monoisotopic (exact) mass is 710 g/mol. The Balaban J connectivity index is 0.000000163. The van der Waals surface area contributed by atoms with Crippen molar-refractivity contribution in [1.29, 1.82) is 0 Å². The standard InChI is InChI=1S/C14H17ClO.2C13H16ClNO/c1-2-14(10-6-5-9-13(14)16)11-7-3-4-8-12(11)15;2*1-15-13(9-5-4-8-12(13)16)10-6-2-3-7-11(10)14/h3-4,7-8H,2,5-6,9-10H2,1H3;2*2-3,6-7,15H,4-5,8-9H2,1H3/t;2*13-/m.10/s1. The van der Waals surface area contributed by atoms with Crippen LogP contribution in [-0.2, 0) is 30.9 Å². The van der Waals surface area contributed by atoms with E-state index in [4.69, 9.17) is 34.8 Å². The van der Waals surface area contributed by atoms with Gasteiger partial charge in [0.2, 0.25) is 0 Å². The maximum absolute atomic E-state index is 12.2.